The highest BCUT2D eigenvalue weighted by Gasteiger charge is 2.37. The maximum absolute atomic E-state index is 11.3. The monoisotopic (exact) mass is 296 g/mol. The smallest absolute Gasteiger partial charge is 0.251 e. The van der Waals surface area contributed by atoms with Crippen LogP contribution in [0.1, 0.15) is 0 Å². The highest BCUT2D eigenvalue weighted by molar-refractivity contribution is 5.83. The average Bonchev–Trinajstić information content (AvgIpc) is 2.46. The van der Waals surface area contributed by atoms with Gasteiger partial charge in [-0.3, -0.25) is 9.59 Å². The van der Waals surface area contributed by atoms with Crippen molar-refractivity contribution < 1.29 is 40.2 Å². The molecule has 0 aliphatic heterocycles. The molecule has 20 heavy (non-hydrogen) atoms. The van der Waals surface area contributed by atoms with Crippen molar-refractivity contribution in [3.63, 3.8) is 0 Å². The molecule has 0 radical (unpaired) electrons. The lowest BCUT2D eigenvalue weighted by Crippen LogP contribution is -2.54. The fourth-order valence-corrected chi connectivity index (χ4v) is 1.25. The number of carbonyl (C=O) groups is 2. The summed E-state index contributed by atoms with van der Waals surface area (Å²) in [6.45, 7) is -1.11. The molecule has 4 atom stereocenters. The highest BCUT2D eigenvalue weighted by Crippen LogP contribution is 2.06. The summed E-state index contributed by atoms with van der Waals surface area (Å²) in [7, 11) is 0. The molecule has 0 aromatic carbocycles. The largest absolute Gasteiger partial charge is 0.395 e. The molecule has 0 rings (SSSR count). The number of aliphatic hydroxyl groups is 6. The second-order valence-electron chi connectivity index (χ2n) is 3.90. The molecule has 0 spiro atoms. The second kappa shape index (κ2) is 9.58. The number of nitrogens with one attached hydrogen (secondary N) is 2. The molecule has 10 nitrogen and oxygen atoms in total. The maximum Gasteiger partial charge on any atom is 0.251 e. The van der Waals surface area contributed by atoms with E-state index in [9.17, 15) is 30.0 Å². The van der Waals surface area contributed by atoms with Gasteiger partial charge in [-0.1, -0.05) is 0 Å². The molecule has 0 saturated heterocycles. The molecule has 2 amide bonds. The van der Waals surface area contributed by atoms with Crippen molar-refractivity contribution in [1.82, 2.24) is 10.6 Å². The molecule has 118 valence electrons. The molecule has 8 N–H and O–H groups in total. The van der Waals surface area contributed by atoms with Gasteiger partial charge in [-0.15, -0.1) is 0 Å². The summed E-state index contributed by atoms with van der Waals surface area (Å²) in [6.07, 6.45) is -8.39. The lowest BCUT2D eigenvalue weighted by atomic mass is 10.0. The third-order valence-corrected chi connectivity index (χ3v) is 2.36. The van der Waals surface area contributed by atoms with Crippen LogP contribution in [-0.2, 0) is 9.59 Å². The Balaban J connectivity index is 4.46. The third-order valence-electron chi connectivity index (χ3n) is 2.36. The fraction of sp³-hybridized carbons (Fsp3) is 0.800. The molecule has 0 aromatic rings. The van der Waals surface area contributed by atoms with Gasteiger partial charge in [0.1, 0.15) is 12.2 Å². The Labute approximate surface area is 114 Å². The zero-order valence-electron chi connectivity index (χ0n) is 10.6. The Hall–Kier alpha value is -1.30. The van der Waals surface area contributed by atoms with Gasteiger partial charge in [0.05, 0.1) is 13.2 Å². The number of amides is 2. The normalized spacial score (nSPS) is 16.9. The van der Waals surface area contributed by atoms with E-state index in [0.717, 1.165) is 0 Å². The van der Waals surface area contributed by atoms with Gasteiger partial charge >= 0.3 is 0 Å². The van der Waals surface area contributed by atoms with Gasteiger partial charge in [-0.05, 0) is 0 Å². The van der Waals surface area contributed by atoms with E-state index >= 15 is 0 Å². The molecule has 0 fully saturated rings. The lowest BCUT2D eigenvalue weighted by molar-refractivity contribution is -0.155. The summed E-state index contributed by atoms with van der Waals surface area (Å²) in [5.41, 5.74) is 0. The molecule has 0 unspecified atom stereocenters. The standard InChI is InChI=1S/C10H20N2O8/c13-3-1-11-9(19)7(17)5(15)6(16)8(18)10(20)12-2-4-14/h5-8,13-18H,1-4H2,(H,11,19)(H,12,20)/t5-,6-,7-,8+/m0/s1. The summed E-state index contributed by atoms with van der Waals surface area (Å²) in [4.78, 5) is 22.5. The number of hydrogen-bond donors (Lipinski definition) is 8. The van der Waals surface area contributed by atoms with Gasteiger partial charge in [-0.2, -0.15) is 0 Å². The zero-order valence-corrected chi connectivity index (χ0v) is 10.6. The zero-order chi connectivity index (χ0) is 15.7. The second-order valence-corrected chi connectivity index (χ2v) is 3.90. The van der Waals surface area contributed by atoms with E-state index < -0.39 is 36.2 Å². The molecular formula is C10H20N2O8. The summed E-state index contributed by atoms with van der Waals surface area (Å²) in [6, 6.07) is 0. The van der Waals surface area contributed by atoms with Gasteiger partial charge in [0.2, 0.25) is 0 Å². The van der Waals surface area contributed by atoms with Crippen LogP contribution in [0.4, 0.5) is 0 Å². The van der Waals surface area contributed by atoms with Crippen LogP contribution in [0, 0.1) is 0 Å². The van der Waals surface area contributed by atoms with Gasteiger partial charge in [0, 0.05) is 13.1 Å². The Kier molecular flexibility index (Phi) is 8.96. The minimum Gasteiger partial charge on any atom is -0.395 e. The Morgan fingerprint density at radius 3 is 1.30 bits per heavy atom. The van der Waals surface area contributed by atoms with Crippen LogP contribution in [0.2, 0.25) is 0 Å². The lowest BCUT2D eigenvalue weighted by Gasteiger charge is -2.25. The molecule has 0 saturated carbocycles. The first kappa shape index (κ1) is 18.7. The van der Waals surface area contributed by atoms with Crippen LogP contribution in [-0.4, -0.2) is 93.2 Å². The summed E-state index contributed by atoms with van der Waals surface area (Å²) in [5, 5.41) is 58.8. The van der Waals surface area contributed by atoms with Crippen molar-refractivity contribution in [2.75, 3.05) is 26.3 Å². The third kappa shape index (κ3) is 5.77. The Bertz CT molecular complexity index is 284. The van der Waals surface area contributed by atoms with E-state index in [1.807, 2.05) is 10.6 Å². The van der Waals surface area contributed by atoms with Crippen molar-refractivity contribution in [2.24, 2.45) is 0 Å². The minimum absolute atomic E-state index is 0.168. The van der Waals surface area contributed by atoms with Crippen molar-refractivity contribution >= 4 is 11.8 Å². The van der Waals surface area contributed by atoms with Crippen LogP contribution in [0.15, 0.2) is 0 Å². The van der Waals surface area contributed by atoms with Crippen LogP contribution in [0.5, 0.6) is 0 Å². The summed E-state index contributed by atoms with van der Waals surface area (Å²) in [5.74, 6) is -2.15. The van der Waals surface area contributed by atoms with Crippen LogP contribution in [0.3, 0.4) is 0 Å². The predicted octanol–water partition coefficient (Wildman–Crippen LogP) is -5.35. The van der Waals surface area contributed by atoms with E-state index in [1.54, 1.807) is 0 Å². The first-order valence-electron chi connectivity index (χ1n) is 5.86. The van der Waals surface area contributed by atoms with Crippen LogP contribution in [0.25, 0.3) is 0 Å². The number of rotatable bonds is 9. The first-order valence-corrected chi connectivity index (χ1v) is 5.86. The molecule has 0 heterocycles. The van der Waals surface area contributed by atoms with Gasteiger partial charge in [-0.25, -0.2) is 0 Å². The summed E-state index contributed by atoms with van der Waals surface area (Å²) < 4.78 is 0. The first-order chi connectivity index (χ1) is 9.36. The summed E-state index contributed by atoms with van der Waals surface area (Å²) >= 11 is 0. The van der Waals surface area contributed by atoms with E-state index in [4.69, 9.17) is 10.2 Å². The van der Waals surface area contributed by atoms with Crippen molar-refractivity contribution in [1.29, 1.82) is 0 Å². The van der Waals surface area contributed by atoms with E-state index in [2.05, 4.69) is 0 Å². The minimum atomic E-state index is -2.11. The predicted molar refractivity (Wildman–Crippen MR) is 64.2 cm³/mol. The Morgan fingerprint density at radius 2 is 1.05 bits per heavy atom. The van der Waals surface area contributed by atoms with Crippen molar-refractivity contribution in [2.45, 2.75) is 24.4 Å². The van der Waals surface area contributed by atoms with E-state index in [-0.39, 0.29) is 26.3 Å². The molecule has 10 heteroatoms. The molecule has 0 bridgehead atoms. The molecule has 0 aliphatic carbocycles. The molecule has 0 aliphatic rings. The fourth-order valence-electron chi connectivity index (χ4n) is 1.25. The van der Waals surface area contributed by atoms with Gasteiger partial charge < -0.3 is 41.3 Å². The van der Waals surface area contributed by atoms with Crippen LogP contribution >= 0.6 is 0 Å². The number of carbonyl (C=O) groups excluding carboxylic acids is 2. The van der Waals surface area contributed by atoms with Crippen molar-refractivity contribution in [3.8, 4) is 0 Å². The van der Waals surface area contributed by atoms with Gasteiger partial charge in [0.15, 0.2) is 12.2 Å². The Morgan fingerprint density at radius 1 is 0.750 bits per heavy atom. The maximum atomic E-state index is 11.3. The van der Waals surface area contributed by atoms with Gasteiger partial charge in [0.25, 0.3) is 11.8 Å². The van der Waals surface area contributed by atoms with Crippen molar-refractivity contribution in [3.05, 3.63) is 0 Å². The number of hydrogen-bond acceptors (Lipinski definition) is 8. The average molecular weight is 296 g/mol. The quantitative estimate of drug-likeness (QED) is 0.207. The van der Waals surface area contributed by atoms with E-state index in [0.29, 0.717) is 0 Å². The van der Waals surface area contributed by atoms with E-state index in [1.165, 1.54) is 0 Å². The highest BCUT2D eigenvalue weighted by atomic mass is 16.4. The molecule has 0 aromatic heterocycles. The SMILES string of the molecule is O=C(NCCO)[C@@H](O)[C@@H](O)[C@H](O)[C@@H](O)C(=O)NCCO. The topological polar surface area (TPSA) is 180 Å². The van der Waals surface area contributed by atoms with Crippen LogP contribution < -0.4 is 10.6 Å². The number of aliphatic hydroxyl groups excluding tert-OH is 6. The molecular weight excluding hydrogens is 276 g/mol.